The fraction of sp³-hybridized carbons (Fsp3) is 0.545. The van der Waals surface area contributed by atoms with E-state index in [0.717, 1.165) is 13.1 Å². The Bertz CT molecular complexity index is 807. The first kappa shape index (κ1) is 20.6. The molecule has 3 rings (SSSR count). The molecule has 6 nitrogen and oxygen atoms in total. The second-order valence-electron chi connectivity index (χ2n) is 7.80. The number of aryl methyl sites for hydroxylation is 1. The molecule has 2 heterocycles. The number of rotatable bonds is 5. The monoisotopic (exact) mass is 385 g/mol. The number of nitrogens with zero attached hydrogens (tertiary/aromatic N) is 3. The van der Waals surface area contributed by atoms with Crippen LogP contribution in [-0.2, 0) is 9.47 Å². The zero-order chi connectivity index (χ0) is 20.3. The summed E-state index contributed by atoms with van der Waals surface area (Å²) in [6, 6.07) is 6.24. The Morgan fingerprint density at radius 3 is 2.71 bits per heavy atom. The molecule has 0 bridgehead atoms. The molecule has 1 saturated heterocycles. The van der Waals surface area contributed by atoms with E-state index in [2.05, 4.69) is 56.6 Å². The number of hydrogen-bond acceptors (Lipinski definition) is 5. The number of carbonyl (C=O) groups excluding carboxylic acids is 1. The van der Waals surface area contributed by atoms with Gasteiger partial charge in [-0.05, 0) is 44.4 Å². The van der Waals surface area contributed by atoms with Gasteiger partial charge in [-0.3, -0.25) is 4.90 Å². The smallest absolute Gasteiger partial charge is 0.419 e. The van der Waals surface area contributed by atoms with Crippen molar-refractivity contribution in [2.45, 2.75) is 52.7 Å². The summed E-state index contributed by atoms with van der Waals surface area (Å²) in [5.74, 6) is 0.704. The van der Waals surface area contributed by atoms with Crippen LogP contribution < -0.4 is 0 Å². The summed E-state index contributed by atoms with van der Waals surface area (Å²) in [4.78, 5) is 19.4. The average Bonchev–Trinajstić information content (AvgIpc) is 3.12. The summed E-state index contributed by atoms with van der Waals surface area (Å²) < 4.78 is 12.8. The van der Waals surface area contributed by atoms with Crippen LogP contribution in [0.25, 0.3) is 0 Å². The summed E-state index contributed by atoms with van der Waals surface area (Å²) in [5, 5.41) is 0. The molecule has 0 amide bonds. The summed E-state index contributed by atoms with van der Waals surface area (Å²) in [5.41, 5.74) is 3.64. The second kappa shape index (κ2) is 8.88. The molecule has 0 saturated carbocycles. The maximum Gasteiger partial charge on any atom is 0.419 e. The highest BCUT2D eigenvalue weighted by Gasteiger charge is 2.23. The molecule has 0 N–H and O–H groups in total. The normalized spacial score (nSPS) is 21.5. The van der Waals surface area contributed by atoms with Crippen molar-refractivity contribution in [2.24, 2.45) is 0 Å². The van der Waals surface area contributed by atoms with Crippen LogP contribution in [0.15, 0.2) is 30.6 Å². The van der Waals surface area contributed by atoms with E-state index in [1.807, 2.05) is 6.07 Å². The van der Waals surface area contributed by atoms with Gasteiger partial charge in [0, 0.05) is 37.9 Å². The van der Waals surface area contributed by atoms with Gasteiger partial charge in [0.1, 0.15) is 12.4 Å². The standard InChI is InChI=1S/C22H31N3O3/c1-15-7-6-8-20(18(15)4)19(5)21-23-9-10-25(21)22(26)27-12-11-24-13-16(2)28-17(3)14-24/h6-10,16-17,19H,11-14H2,1-5H3/t16?,17?,19-/m0/s1. The molecule has 3 atom stereocenters. The molecule has 0 aliphatic carbocycles. The van der Waals surface area contributed by atoms with Gasteiger partial charge in [0.2, 0.25) is 0 Å². The van der Waals surface area contributed by atoms with Crippen molar-refractivity contribution < 1.29 is 14.3 Å². The van der Waals surface area contributed by atoms with Crippen LogP contribution in [0.1, 0.15) is 49.2 Å². The van der Waals surface area contributed by atoms with E-state index in [9.17, 15) is 4.79 Å². The van der Waals surface area contributed by atoms with E-state index in [1.165, 1.54) is 21.3 Å². The highest BCUT2D eigenvalue weighted by atomic mass is 16.5. The van der Waals surface area contributed by atoms with E-state index in [1.54, 1.807) is 12.4 Å². The summed E-state index contributed by atoms with van der Waals surface area (Å²) in [7, 11) is 0. The van der Waals surface area contributed by atoms with Gasteiger partial charge in [0.05, 0.1) is 12.2 Å². The summed E-state index contributed by atoms with van der Waals surface area (Å²) in [6.07, 6.45) is 3.37. The van der Waals surface area contributed by atoms with E-state index >= 15 is 0 Å². The molecule has 152 valence electrons. The first-order chi connectivity index (χ1) is 13.4. The first-order valence-electron chi connectivity index (χ1n) is 10.0. The van der Waals surface area contributed by atoms with E-state index in [0.29, 0.717) is 19.0 Å². The van der Waals surface area contributed by atoms with Gasteiger partial charge in [-0.25, -0.2) is 14.3 Å². The van der Waals surface area contributed by atoms with Gasteiger partial charge >= 0.3 is 6.09 Å². The highest BCUT2D eigenvalue weighted by Crippen LogP contribution is 2.27. The quantitative estimate of drug-likeness (QED) is 0.785. The highest BCUT2D eigenvalue weighted by molar-refractivity contribution is 5.71. The number of carbonyl (C=O) groups is 1. The van der Waals surface area contributed by atoms with Gasteiger partial charge in [0.15, 0.2) is 0 Å². The lowest BCUT2D eigenvalue weighted by Gasteiger charge is -2.35. The van der Waals surface area contributed by atoms with Crippen LogP contribution in [0.2, 0.25) is 0 Å². The Morgan fingerprint density at radius 1 is 1.29 bits per heavy atom. The average molecular weight is 386 g/mol. The van der Waals surface area contributed by atoms with Crippen LogP contribution in [0, 0.1) is 13.8 Å². The number of ether oxygens (including phenoxy) is 2. The molecule has 28 heavy (non-hydrogen) atoms. The fourth-order valence-electron chi connectivity index (χ4n) is 3.97. The molecular weight excluding hydrogens is 354 g/mol. The summed E-state index contributed by atoms with van der Waals surface area (Å²) in [6.45, 7) is 13.2. The van der Waals surface area contributed by atoms with Crippen LogP contribution in [-0.4, -0.2) is 59.0 Å². The first-order valence-corrected chi connectivity index (χ1v) is 10.0. The molecule has 1 aliphatic heterocycles. The lowest BCUT2D eigenvalue weighted by molar-refractivity contribution is -0.0708. The minimum atomic E-state index is -0.376. The van der Waals surface area contributed by atoms with Crippen molar-refractivity contribution >= 4 is 6.09 Å². The minimum Gasteiger partial charge on any atom is -0.448 e. The molecule has 0 spiro atoms. The number of aromatic nitrogens is 2. The Balaban J connectivity index is 1.63. The molecular formula is C22H31N3O3. The minimum absolute atomic E-state index is 0.00314. The molecule has 1 fully saturated rings. The number of hydrogen-bond donors (Lipinski definition) is 0. The molecule has 2 unspecified atom stereocenters. The zero-order valence-electron chi connectivity index (χ0n) is 17.5. The molecule has 0 radical (unpaired) electrons. The van der Waals surface area contributed by atoms with Crippen molar-refractivity contribution in [3.63, 3.8) is 0 Å². The van der Waals surface area contributed by atoms with E-state index in [-0.39, 0.29) is 24.2 Å². The Kier molecular flexibility index (Phi) is 6.52. The summed E-state index contributed by atoms with van der Waals surface area (Å²) >= 11 is 0. The van der Waals surface area contributed by atoms with Crippen LogP contribution in [0.5, 0.6) is 0 Å². The SMILES string of the molecule is Cc1cccc([C@H](C)c2nccn2C(=O)OCCN2CC(C)OC(C)C2)c1C. The predicted molar refractivity (Wildman–Crippen MR) is 109 cm³/mol. The van der Waals surface area contributed by atoms with E-state index < -0.39 is 0 Å². The largest absolute Gasteiger partial charge is 0.448 e. The fourth-order valence-corrected chi connectivity index (χ4v) is 3.97. The Hall–Kier alpha value is -2.18. The van der Waals surface area contributed by atoms with Gasteiger partial charge < -0.3 is 9.47 Å². The van der Waals surface area contributed by atoms with Gasteiger partial charge in [-0.1, -0.05) is 25.1 Å². The lowest BCUT2D eigenvalue weighted by atomic mass is 9.93. The second-order valence-corrected chi connectivity index (χ2v) is 7.80. The predicted octanol–water partition coefficient (Wildman–Crippen LogP) is 3.75. The molecule has 6 heteroatoms. The number of benzene rings is 1. The third-order valence-electron chi connectivity index (χ3n) is 5.49. The maximum atomic E-state index is 12.6. The molecule has 2 aromatic rings. The third kappa shape index (κ3) is 4.62. The van der Waals surface area contributed by atoms with Crippen molar-refractivity contribution in [1.29, 1.82) is 0 Å². The Labute approximate surface area is 167 Å². The van der Waals surface area contributed by atoms with E-state index in [4.69, 9.17) is 9.47 Å². The van der Waals surface area contributed by atoms with Crippen molar-refractivity contribution in [3.8, 4) is 0 Å². The lowest BCUT2D eigenvalue weighted by Crippen LogP contribution is -2.46. The van der Waals surface area contributed by atoms with Crippen molar-refractivity contribution in [1.82, 2.24) is 14.5 Å². The number of imidazole rings is 1. The molecule has 1 aliphatic rings. The van der Waals surface area contributed by atoms with Crippen LogP contribution in [0.3, 0.4) is 0 Å². The maximum absolute atomic E-state index is 12.6. The van der Waals surface area contributed by atoms with Crippen LogP contribution in [0.4, 0.5) is 4.79 Å². The van der Waals surface area contributed by atoms with Gasteiger partial charge in [0.25, 0.3) is 0 Å². The third-order valence-corrected chi connectivity index (χ3v) is 5.49. The van der Waals surface area contributed by atoms with Gasteiger partial charge in [-0.2, -0.15) is 0 Å². The van der Waals surface area contributed by atoms with Gasteiger partial charge in [-0.15, -0.1) is 0 Å². The zero-order valence-corrected chi connectivity index (χ0v) is 17.5. The van der Waals surface area contributed by atoms with Crippen molar-refractivity contribution in [3.05, 3.63) is 53.1 Å². The van der Waals surface area contributed by atoms with Crippen molar-refractivity contribution in [2.75, 3.05) is 26.2 Å². The Morgan fingerprint density at radius 2 is 2.00 bits per heavy atom. The molecule has 1 aromatic heterocycles. The molecule has 1 aromatic carbocycles. The number of morpholine rings is 1. The topological polar surface area (TPSA) is 56.6 Å². The van der Waals surface area contributed by atoms with Crippen LogP contribution >= 0.6 is 0 Å².